The highest BCUT2D eigenvalue weighted by molar-refractivity contribution is 8.00. The lowest BCUT2D eigenvalue weighted by atomic mass is 10.3. The monoisotopic (exact) mass is 417 g/mol. The Morgan fingerprint density at radius 1 is 0.800 bits per heavy atom. The zero-order chi connectivity index (χ0) is 20.9. The third kappa shape index (κ3) is 4.52. The molecule has 3 aromatic rings. The van der Waals surface area contributed by atoms with Crippen molar-refractivity contribution in [3.8, 4) is 0 Å². The van der Waals surface area contributed by atoms with Crippen LogP contribution >= 0.6 is 11.8 Å². The van der Waals surface area contributed by atoms with Crippen LogP contribution in [-0.2, 0) is 9.59 Å². The Morgan fingerprint density at radius 2 is 1.37 bits per heavy atom. The number of nitrogens with zero attached hydrogens (tertiary/aromatic N) is 1. The molecule has 1 aliphatic heterocycles. The molecule has 30 heavy (non-hydrogen) atoms. The molecule has 7 heteroatoms. The van der Waals surface area contributed by atoms with Crippen LogP contribution in [0.1, 0.15) is 6.42 Å². The average Bonchev–Trinajstić information content (AvgIpc) is 3.03. The van der Waals surface area contributed by atoms with Crippen molar-refractivity contribution in [3.05, 3.63) is 84.9 Å². The minimum Gasteiger partial charge on any atom is -0.308 e. The number of carbonyl (C=O) groups excluding carboxylic acids is 3. The first kappa shape index (κ1) is 19.7. The largest absolute Gasteiger partial charge is 0.323 e. The van der Waals surface area contributed by atoms with Crippen molar-refractivity contribution in [2.75, 3.05) is 15.5 Å². The molecular weight excluding hydrogens is 398 g/mol. The van der Waals surface area contributed by atoms with Gasteiger partial charge in [0, 0.05) is 22.7 Å². The van der Waals surface area contributed by atoms with Crippen molar-refractivity contribution >= 4 is 46.7 Å². The van der Waals surface area contributed by atoms with Gasteiger partial charge in [0.15, 0.2) is 0 Å². The molecule has 1 fully saturated rings. The van der Waals surface area contributed by atoms with Gasteiger partial charge in [0.2, 0.25) is 11.8 Å². The van der Waals surface area contributed by atoms with E-state index in [1.807, 2.05) is 36.4 Å². The van der Waals surface area contributed by atoms with Gasteiger partial charge in [-0.05, 0) is 48.5 Å². The van der Waals surface area contributed by atoms with Crippen molar-refractivity contribution in [1.82, 2.24) is 0 Å². The van der Waals surface area contributed by atoms with E-state index < -0.39 is 5.25 Å². The van der Waals surface area contributed by atoms with Gasteiger partial charge < -0.3 is 10.6 Å². The van der Waals surface area contributed by atoms with Crippen molar-refractivity contribution in [2.24, 2.45) is 0 Å². The molecule has 0 saturated carbocycles. The number of para-hydroxylation sites is 2. The van der Waals surface area contributed by atoms with E-state index >= 15 is 0 Å². The van der Waals surface area contributed by atoms with Crippen molar-refractivity contribution in [2.45, 2.75) is 16.6 Å². The number of rotatable bonds is 5. The fourth-order valence-corrected chi connectivity index (χ4v) is 4.19. The first-order chi connectivity index (χ1) is 14.6. The van der Waals surface area contributed by atoms with Gasteiger partial charge in [-0.2, -0.15) is 0 Å². The number of nitrogens with one attached hydrogen (secondary N) is 2. The Hall–Kier alpha value is -3.58. The second-order valence-electron chi connectivity index (χ2n) is 6.68. The summed E-state index contributed by atoms with van der Waals surface area (Å²) >= 11 is 1.35. The summed E-state index contributed by atoms with van der Waals surface area (Å²) in [6, 6.07) is 25.0. The highest BCUT2D eigenvalue weighted by Crippen LogP contribution is 2.34. The summed E-state index contributed by atoms with van der Waals surface area (Å²) in [5.74, 6) is -0.403. The molecule has 0 aliphatic carbocycles. The zero-order valence-electron chi connectivity index (χ0n) is 15.9. The van der Waals surface area contributed by atoms with Gasteiger partial charge in [0.1, 0.15) is 0 Å². The summed E-state index contributed by atoms with van der Waals surface area (Å²) in [5.41, 5.74) is 1.93. The van der Waals surface area contributed by atoms with E-state index in [1.165, 1.54) is 16.7 Å². The Bertz CT molecular complexity index is 1060. The molecule has 1 aliphatic rings. The lowest BCUT2D eigenvalue weighted by Gasteiger charge is -2.14. The predicted molar refractivity (Wildman–Crippen MR) is 119 cm³/mol. The van der Waals surface area contributed by atoms with E-state index in [0.29, 0.717) is 17.1 Å². The number of amides is 4. The van der Waals surface area contributed by atoms with Crippen molar-refractivity contribution in [3.63, 3.8) is 0 Å². The molecule has 0 aromatic heterocycles. The maximum atomic E-state index is 12.7. The molecule has 4 rings (SSSR count). The maximum Gasteiger partial charge on any atom is 0.323 e. The van der Waals surface area contributed by atoms with E-state index in [9.17, 15) is 14.4 Å². The minimum absolute atomic E-state index is 0.165. The Labute approximate surface area is 178 Å². The third-order valence-corrected chi connectivity index (χ3v) is 5.74. The highest BCUT2D eigenvalue weighted by atomic mass is 32.2. The van der Waals surface area contributed by atoms with Crippen LogP contribution in [0.4, 0.5) is 21.9 Å². The number of urea groups is 1. The lowest BCUT2D eigenvalue weighted by molar-refractivity contribution is -0.121. The lowest BCUT2D eigenvalue weighted by Crippen LogP contribution is -2.30. The number of hydrogen-bond donors (Lipinski definition) is 2. The molecule has 0 unspecified atom stereocenters. The number of anilines is 3. The van der Waals surface area contributed by atoms with Crippen molar-refractivity contribution < 1.29 is 14.4 Å². The smallest absolute Gasteiger partial charge is 0.308 e. The molecule has 0 spiro atoms. The number of hydrogen-bond acceptors (Lipinski definition) is 4. The van der Waals surface area contributed by atoms with E-state index in [2.05, 4.69) is 10.6 Å². The van der Waals surface area contributed by atoms with Crippen LogP contribution < -0.4 is 15.5 Å². The topological polar surface area (TPSA) is 78.5 Å². The first-order valence-corrected chi connectivity index (χ1v) is 10.3. The molecule has 3 aromatic carbocycles. The van der Waals surface area contributed by atoms with Gasteiger partial charge in [-0.25, -0.2) is 9.69 Å². The van der Waals surface area contributed by atoms with Crippen LogP contribution in [-0.4, -0.2) is 23.1 Å². The van der Waals surface area contributed by atoms with Crippen LogP contribution in [0.3, 0.4) is 0 Å². The van der Waals surface area contributed by atoms with Crippen LogP contribution in [0, 0.1) is 0 Å². The molecular formula is C23H19N3O3S. The molecule has 1 heterocycles. The summed E-state index contributed by atoms with van der Waals surface area (Å²) in [5, 5.41) is 5.06. The molecule has 0 bridgehead atoms. The zero-order valence-corrected chi connectivity index (χ0v) is 16.8. The SMILES string of the molecule is O=C(Nc1ccccc1)Nc1ccc(S[C@@H]2CC(=O)N(c3ccccc3)C2=O)cc1. The molecule has 2 N–H and O–H groups in total. The third-order valence-electron chi connectivity index (χ3n) is 4.54. The Balaban J connectivity index is 1.36. The summed E-state index contributed by atoms with van der Waals surface area (Å²) in [7, 11) is 0. The normalized spacial score (nSPS) is 15.9. The summed E-state index contributed by atoms with van der Waals surface area (Å²) in [4.78, 5) is 39.3. The van der Waals surface area contributed by atoms with E-state index in [1.54, 1.807) is 48.5 Å². The highest BCUT2D eigenvalue weighted by Gasteiger charge is 2.40. The summed E-state index contributed by atoms with van der Waals surface area (Å²) in [6.45, 7) is 0. The number of thioether (sulfide) groups is 1. The van der Waals surface area contributed by atoms with Gasteiger partial charge >= 0.3 is 6.03 Å². The molecule has 1 saturated heterocycles. The van der Waals surface area contributed by atoms with Crippen LogP contribution in [0.2, 0.25) is 0 Å². The van der Waals surface area contributed by atoms with Crippen LogP contribution in [0.5, 0.6) is 0 Å². The number of benzene rings is 3. The first-order valence-electron chi connectivity index (χ1n) is 9.42. The van der Waals surface area contributed by atoms with Crippen LogP contribution in [0.15, 0.2) is 89.8 Å². The van der Waals surface area contributed by atoms with E-state index in [4.69, 9.17) is 0 Å². The number of imide groups is 1. The Morgan fingerprint density at radius 3 is 2.00 bits per heavy atom. The Kier molecular flexibility index (Phi) is 5.81. The van der Waals surface area contributed by atoms with Gasteiger partial charge in [-0.1, -0.05) is 36.4 Å². The average molecular weight is 417 g/mol. The maximum absolute atomic E-state index is 12.7. The van der Waals surface area contributed by atoms with E-state index in [0.717, 1.165) is 4.90 Å². The molecule has 6 nitrogen and oxygen atoms in total. The second kappa shape index (κ2) is 8.84. The minimum atomic E-state index is -0.460. The fourth-order valence-electron chi connectivity index (χ4n) is 3.14. The summed E-state index contributed by atoms with van der Waals surface area (Å²) < 4.78 is 0. The molecule has 0 radical (unpaired) electrons. The fraction of sp³-hybridized carbons (Fsp3) is 0.0870. The molecule has 150 valence electrons. The number of carbonyl (C=O) groups is 3. The van der Waals surface area contributed by atoms with Crippen molar-refractivity contribution in [1.29, 1.82) is 0 Å². The van der Waals surface area contributed by atoms with Gasteiger partial charge in [-0.3, -0.25) is 9.59 Å². The van der Waals surface area contributed by atoms with Gasteiger partial charge in [-0.15, -0.1) is 11.8 Å². The predicted octanol–water partition coefficient (Wildman–Crippen LogP) is 4.75. The molecule has 1 atom stereocenters. The van der Waals surface area contributed by atoms with Gasteiger partial charge in [0.25, 0.3) is 0 Å². The van der Waals surface area contributed by atoms with Gasteiger partial charge in [0.05, 0.1) is 10.9 Å². The summed E-state index contributed by atoms with van der Waals surface area (Å²) in [6.07, 6.45) is 0.165. The quantitative estimate of drug-likeness (QED) is 0.587. The molecule has 4 amide bonds. The standard InChI is InChI=1S/C23H19N3O3S/c27-21-15-20(22(28)26(21)18-9-5-2-6-10-18)30-19-13-11-17(12-14-19)25-23(29)24-16-7-3-1-4-8-16/h1-14,20H,15H2,(H2,24,25,29)/t20-/m1/s1. The second-order valence-corrected chi connectivity index (χ2v) is 7.96. The van der Waals surface area contributed by atoms with E-state index in [-0.39, 0.29) is 24.3 Å². The van der Waals surface area contributed by atoms with Crippen LogP contribution in [0.25, 0.3) is 0 Å².